The fourth-order valence-corrected chi connectivity index (χ4v) is 1.76. The van der Waals surface area contributed by atoms with Gasteiger partial charge in [-0.15, -0.1) is 0 Å². The van der Waals surface area contributed by atoms with Crippen molar-refractivity contribution in [1.29, 1.82) is 0 Å². The number of Topliss-reactive ketones (excluding diaryl/α,β-unsaturated/α-hetero) is 1. The molecule has 0 heterocycles. The third-order valence-electron chi connectivity index (χ3n) is 2.80. The lowest BCUT2D eigenvalue weighted by molar-refractivity contribution is -0.125. The Kier molecular flexibility index (Phi) is 5.68. The van der Waals surface area contributed by atoms with Gasteiger partial charge in [-0.1, -0.05) is 18.1 Å². The van der Waals surface area contributed by atoms with Crippen LogP contribution >= 0.6 is 0 Å². The van der Waals surface area contributed by atoms with Gasteiger partial charge in [-0.3, -0.25) is 4.79 Å². The van der Waals surface area contributed by atoms with Crippen molar-refractivity contribution < 1.29 is 14.3 Å². The van der Waals surface area contributed by atoms with Crippen LogP contribution < -0.4 is 0 Å². The number of rotatable bonds is 5. The molecule has 0 amide bonds. The minimum Gasteiger partial charge on any atom is -0.366 e. The molecule has 1 aliphatic rings. The first kappa shape index (κ1) is 12.8. The summed E-state index contributed by atoms with van der Waals surface area (Å²) < 4.78 is 5.33. The van der Waals surface area contributed by atoms with Crippen LogP contribution in [0.15, 0.2) is 11.6 Å². The normalized spacial score (nSPS) is 17.4. The van der Waals surface area contributed by atoms with Crippen molar-refractivity contribution in [1.82, 2.24) is 0 Å². The van der Waals surface area contributed by atoms with E-state index in [0.717, 1.165) is 19.1 Å². The standard InChI is InChI=1S/C12H18N2O2/c1-10(12(15)9-14-13)16-8-7-11-5-3-2-4-6-11/h7,9-10H,2-6,8H2,1H3. The average Bonchev–Trinajstić information content (AvgIpc) is 2.30. The van der Waals surface area contributed by atoms with Crippen LogP contribution in [0.1, 0.15) is 39.0 Å². The number of ketones is 1. The molecule has 0 radical (unpaired) electrons. The lowest BCUT2D eigenvalue weighted by atomic mass is 9.95. The van der Waals surface area contributed by atoms with Crippen molar-refractivity contribution in [2.24, 2.45) is 0 Å². The summed E-state index contributed by atoms with van der Waals surface area (Å²) in [5.74, 6) is -0.315. The molecule has 1 fully saturated rings. The van der Waals surface area contributed by atoms with Gasteiger partial charge in [-0.2, -0.15) is 4.79 Å². The van der Waals surface area contributed by atoms with Gasteiger partial charge in [-0.25, -0.2) is 0 Å². The first-order valence-electron chi connectivity index (χ1n) is 5.75. The molecule has 1 atom stereocenters. The maximum atomic E-state index is 11.2. The second-order valence-corrected chi connectivity index (χ2v) is 4.05. The van der Waals surface area contributed by atoms with Crippen molar-refractivity contribution in [3.63, 3.8) is 0 Å². The smallest absolute Gasteiger partial charge is 0.325 e. The van der Waals surface area contributed by atoms with E-state index in [1.54, 1.807) is 6.92 Å². The van der Waals surface area contributed by atoms with Gasteiger partial charge < -0.3 is 10.3 Å². The monoisotopic (exact) mass is 222 g/mol. The minimum absolute atomic E-state index is 0.315. The molecule has 1 rings (SSSR count). The van der Waals surface area contributed by atoms with Crippen molar-refractivity contribution in [2.45, 2.75) is 45.1 Å². The summed E-state index contributed by atoms with van der Waals surface area (Å²) in [4.78, 5) is 13.9. The van der Waals surface area contributed by atoms with Crippen molar-refractivity contribution >= 4 is 12.0 Å². The summed E-state index contributed by atoms with van der Waals surface area (Å²) in [6.45, 7) is 2.12. The molecular formula is C12H18N2O2. The van der Waals surface area contributed by atoms with Gasteiger partial charge in [0.05, 0.1) is 6.61 Å². The maximum absolute atomic E-state index is 11.2. The molecule has 0 saturated heterocycles. The van der Waals surface area contributed by atoms with Crippen LogP contribution in [0.4, 0.5) is 0 Å². The molecular weight excluding hydrogens is 204 g/mol. The van der Waals surface area contributed by atoms with Gasteiger partial charge in [-0.05, 0) is 32.6 Å². The SMILES string of the molecule is CC(OCC=C1CCCCC1)C(=O)C=[N+]=[N-]. The van der Waals surface area contributed by atoms with E-state index in [0.29, 0.717) is 6.61 Å². The van der Waals surface area contributed by atoms with Crippen LogP contribution in [-0.2, 0) is 9.53 Å². The summed E-state index contributed by atoms with van der Waals surface area (Å²) in [5, 5.41) is 0. The summed E-state index contributed by atoms with van der Waals surface area (Å²) >= 11 is 0. The summed E-state index contributed by atoms with van der Waals surface area (Å²) in [6.07, 6.45) is 8.55. The molecule has 4 heteroatoms. The molecule has 1 unspecified atom stereocenters. The molecule has 0 spiro atoms. The number of carbonyl (C=O) groups is 1. The molecule has 88 valence electrons. The Morgan fingerprint density at radius 1 is 1.50 bits per heavy atom. The van der Waals surface area contributed by atoms with Crippen LogP contribution in [0, 0.1) is 0 Å². The summed E-state index contributed by atoms with van der Waals surface area (Å²) in [5.41, 5.74) is 9.63. The van der Waals surface area contributed by atoms with E-state index in [2.05, 4.69) is 10.9 Å². The third-order valence-corrected chi connectivity index (χ3v) is 2.80. The van der Waals surface area contributed by atoms with E-state index in [4.69, 9.17) is 10.3 Å². The zero-order valence-electron chi connectivity index (χ0n) is 9.69. The first-order chi connectivity index (χ1) is 7.74. The number of ether oxygens (including phenoxy) is 1. The average molecular weight is 222 g/mol. The first-order valence-corrected chi connectivity index (χ1v) is 5.75. The third kappa shape index (κ3) is 4.51. The number of hydrogen-bond donors (Lipinski definition) is 0. The number of hydrogen-bond acceptors (Lipinski definition) is 2. The van der Waals surface area contributed by atoms with Crippen molar-refractivity contribution in [2.75, 3.05) is 6.61 Å². The molecule has 0 aliphatic heterocycles. The summed E-state index contributed by atoms with van der Waals surface area (Å²) in [7, 11) is 0. The van der Waals surface area contributed by atoms with Crippen LogP contribution in [0.3, 0.4) is 0 Å². The van der Waals surface area contributed by atoms with Crippen LogP contribution in [0.5, 0.6) is 0 Å². The molecule has 0 N–H and O–H groups in total. The number of carbonyl (C=O) groups excluding carboxylic acids is 1. The van der Waals surface area contributed by atoms with Gasteiger partial charge >= 0.3 is 6.21 Å². The highest BCUT2D eigenvalue weighted by atomic mass is 16.5. The molecule has 0 aromatic heterocycles. The Balaban J connectivity index is 2.28. The zero-order chi connectivity index (χ0) is 11.8. The predicted molar refractivity (Wildman–Crippen MR) is 61.3 cm³/mol. The Labute approximate surface area is 95.9 Å². The summed E-state index contributed by atoms with van der Waals surface area (Å²) in [6, 6.07) is 0. The van der Waals surface area contributed by atoms with Crippen molar-refractivity contribution in [3.05, 3.63) is 17.2 Å². The number of nitrogens with zero attached hydrogens (tertiary/aromatic N) is 2. The lowest BCUT2D eigenvalue weighted by Crippen LogP contribution is -2.22. The largest absolute Gasteiger partial charge is 0.366 e. The van der Waals surface area contributed by atoms with E-state index in [9.17, 15) is 4.79 Å². The van der Waals surface area contributed by atoms with Gasteiger partial charge in [0.25, 0.3) is 5.78 Å². The van der Waals surface area contributed by atoms with E-state index in [1.807, 2.05) is 0 Å². The number of allylic oxidation sites excluding steroid dienone is 1. The molecule has 4 nitrogen and oxygen atoms in total. The molecule has 1 saturated carbocycles. The quantitative estimate of drug-likeness (QED) is 0.309. The van der Waals surface area contributed by atoms with E-state index >= 15 is 0 Å². The molecule has 1 aliphatic carbocycles. The molecule has 0 bridgehead atoms. The maximum Gasteiger partial charge on any atom is 0.325 e. The second-order valence-electron chi connectivity index (χ2n) is 4.05. The van der Waals surface area contributed by atoms with E-state index in [1.165, 1.54) is 24.8 Å². The zero-order valence-corrected chi connectivity index (χ0v) is 9.69. The fraction of sp³-hybridized carbons (Fsp3) is 0.667. The minimum atomic E-state index is -0.545. The van der Waals surface area contributed by atoms with Gasteiger partial charge in [0.15, 0.2) is 0 Å². The van der Waals surface area contributed by atoms with Gasteiger partial charge in [0, 0.05) is 0 Å². The van der Waals surface area contributed by atoms with Crippen LogP contribution in [0.25, 0.3) is 5.53 Å². The van der Waals surface area contributed by atoms with Crippen LogP contribution in [0.2, 0.25) is 0 Å². The second kappa shape index (κ2) is 7.09. The highest BCUT2D eigenvalue weighted by molar-refractivity contribution is 6.27. The molecule has 0 aromatic rings. The Bertz CT molecular complexity index is 309. The van der Waals surface area contributed by atoms with Gasteiger partial charge in [0.2, 0.25) is 0 Å². The Morgan fingerprint density at radius 2 is 2.19 bits per heavy atom. The van der Waals surface area contributed by atoms with Gasteiger partial charge in [0.1, 0.15) is 6.10 Å². The van der Waals surface area contributed by atoms with Crippen LogP contribution in [-0.4, -0.2) is 29.5 Å². The van der Waals surface area contributed by atoms with E-state index in [-0.39, 0.29) is 5.78 Å². The lowest BCUT2D eigenvalue weighted by Gasteiger charge is -2.14. The molecule has 0 aromatic carbocycles. The Morgan fingerprint density at radius 3 is 2.81 bits per heavy atom. The predicted octanol–water partition coefficient (Wildman–Crippen LogP) is 2.15. The van der Waals surface area contributed by atoms with Crippen molar-refractivity contribution in [3.8, 4) is 0 Å². The molecule has 16 heavy (non-hydrogen) atoms. The fourth-order valence-electron chi connectivity index (χ4n) is 1.76. The highest BCUT2D eigenvalue weighted by Gasteiger charge is 2.14. The highest BCUT2D eigenvalue weighted by Crippen LogP contribution is 2.22. The Hall–Kier alpha value is -1.25. The topological polar surface area (TPSA) is 62.7 Å². The van der Waals surface area contributed by atoms with E-state index < -0.39 is 6.10 Å².